The van der Waals surface area contributed by atoms with E-state index in [4.69, 9.17) is 5.73 Å². The second-order valence-electron chi connectivity index (χ2n) is 3.95. The minimum atomic E-state index is 0.560. The largest absolute Gasteiger partial charge is 0.327 e. The molecule has 0 aromatic rings. The summed E-state index contributed by atoms with van der Waals surface area (Å²) in [6.07, 6.45) is 8.52. The maximum Gasteiger partial charge on any atom is 0.00699 e. The van der Waals surface area contributed by atoms with E-state index in [0.29, 0.717) is 6.04 Å². The quantitative estimate of drug-likeness (QED) is 0.545. The molecule has 2 aliphatic rings. The molecule has 0 aromatic heterocycles. The Hall–Kier alpha value is -0.0400. The molecule has 0 saturated heterocycles. The van der Waals surface area contributed by atoms with E-state index >= 15 is 0 Å². The van der Waals surface area contributed by atoms with Gasteiger partial charge in [-0.2, -0.15) is 0 Å². The van der Waals surface area contributed by atoms with Crippen molar-refractivity contribution in [3.63, 3.8) is 0 Å². The van der Waals surface area contributed by atoms with Gasteiger partial charge >= 0.3 is 0 Å². The molecule has 2 rings (SSSR count). The summed E-state index contributed by atoms with van der Waals surface area (Å²) < 4.78 is 0. The van der Waals surface area contributed by atoms with Crippen molar-refractivity contribution >= 4 is 0 Å². The van der Waals surface area contributed by atoms with Crippen LogP contribution >= 0.6 is 0 Å². The number of hydrogen-bond donors (Lipinski definition) is 1. The fourth-order valence-electron chi connectivity index (χ4n) is 2.78. The Morgan fingerprint density at radius 2 is 1.70 bits per heavy atom. The Morgan fingerprint density at radius 1 is 0.900 bits per heavy atom. The van der Waals surface area contributed by atoms with Crippen molar-refractivity contribution in [2.45, 2.75) is 44.6 Å². The Labute approximate surface area is 63.0 Å². The van der Waals surface area contributed by atoms with Gasteiger partial charge in [0.05, 0.1) is 0 Å². The van der Waals surface area contributed by atoms with Crippen molar-refractivity contribution in [3.8, 4) is 0 Å². The smallest absolute Gasteiger partial charge is 0.00699 e. The lowest BCUT2D eigenvalue weighted by Gasteiger charge is -2.27. The zero-order valence-electron chi connectivity index (χ0n) is 6.55. The summed E-state index contributed by atoms with van der Waals surface area (Å²) in [5, 5.41) is 0. The summed E-state index contributed by atoms with van der Waals surface area (Å²) in [5.41, 5.74) is 5.99. The Balaban J connectivity index is 2.01. The predicted octanol–water partition coefficient (Wildman–Crippen LogP) is 1.91. The molecule has 2 N–H and O–H groups in total. The highest BCUT2D eigenvalue weighted by molar-refractivity contribution is 4.89. The van der Waals surface area contributed by atoms with Crippen molar-refractivity contribution < 1.29 is 0 Å². The lowest BCUT2D eigenvalue weighted by molar-refractivity contribution is 0.260. The molecule has 1 heteroatoms. The summed E-state index contributed by atoms with van der Waals surface area (Å²) in [7, 11) is 0. The number of hydrogen-bond acceptors (Lipinski definition) is 1. The lowest BCUT2D eigenvalue weighted by Crippen LogP contribution is -2.29. The second-order valence-corrected chi connectivity index (χ2v) is 3.95. The van der Waals surface area contributed by atoms with Gasteiger partial charge < -0.3 is 5.73 Å². The average molecular weight is 139 g/mol. The molecular formula is C9H17N. The van der Waals surface area contributed by atoms with E-state index < -0.39 is 0 Å². The Bertz CT molecular complexity index is 120. The van der Waals surface area contributed by atoms with Gasteiger partial charge in [0.1, 0.15) is 0 Å². The van der Waals surface area contributed by atoms with Gasteiger partial charge in [0.25, 0.3) is 0 Å². The molecule has 0 radical (unpaired) electrons. The molecule has 0 aliphatic heterocycles. The van der Waals surface area contributed by atoms with Crippen LogP contribution in [0.25, 0.3) is 0 Å². The maximum absolute atomic E-state index is 5.99. The van der Waals surface area contributed by atoms with Crippen LogP contribution in [0.1, 0.15) is 38.5 Å². The zero-order chi connectivity index (χ0) is 6.97. The van der Waals surface area contributed by atoms with Crippen LogP contribution in [-0.4, -0.2) is 6.04 Å². The molecule has 0 spiro atoms. The fourth-order valence-corrected chi connectivity index (χ4v) is 2.78. The van der Waals surface area contributed by atoms with Crippen LogP contribution < -0.4 is 5.73 Å². The van der Waals surface area contributed by atoms with Crippen molar-refractivity contribution in [2.75, 3.05) is 0 Å². The highest BCUT2D eigenvalue weighted by atomic mass is 14.7. The van der Waals surface area contributed by atoms with E-state index in [2.05, 4.69) is 0 Å². The van der Waals surface area contributed by atoms with Crippen LogP contribution in [-0.2, 0) is 0 Å². The number of fused-ring (bicyclic) bond motifs is 1. The summed E-state index contributed by atoms with van der Waals surface area (Å²) in [6.45, 7) is 0. The lowest BCUT2D eigenvalue weighted by atomic mass is 9.80. The van der Waals surface area contributed by atoms with E-state index in [0.717, 1.165) is 11.8 Å². The SMILES string of the molecule is N[C@@H]1CCC2CCCCC21. The Kier molecular flexibility index (Phi) is 1.69. The summed E-state index contributed by atoms with van der Waals surface area (Å²) in [4.78, 5) is 0. The van der Waals surface area contributed by atoms with Crippen LogP contribution in [0.5, 0.6) is 0 Å². The first-order chi connectivity index (χ1) is 4.88. The van der Waals surface area contributed by atoms with Crippen LogP contribution in [0.2, 0.25) is 0 Å². The molecule has 58 valence electrons. The van der Waals surface area contributed by atoms with Gasteiger partial charge in [0, 0.05) is 6.04 Å². The molecule has 0 bridgehead atoms. The van der Waals surface area contributed by atoms with E-state index in [1.54, 1.807) is 0 Å². The topological polar surface area (TPSA) is 26.0 Å². The van der Waals surface area contributed by atoms with E-state index in [9.17, 15) is 0 Å². The normalized spacial score (nSPS) is 47.1. The van der Waals surface area contributed by atoms with Gasteiger partial charge in [0.15, 0.2) is 0 Å². The molecule has 2 saturated carbocycles. The first-order valence-corrected chi connectivity index (χ1v) is 4.63. The van der Waals surface area contributed by atoms with E-state index in [1.807, 2.05) is 0 Å². The minimum absolute atomic E-state index is 0.560. The van der Waals surface area contributed by atoms with Gasteiger partial charge in [-0.15, -0.1) is 0 Å². The van der Waals surface area contributed by atoms with Crippen LogP contribution in [0.15, 0.2) is 0 Å². The zero-order valence-corrected chi connectivity index (χ0v) is 6.55. The van der Waals surface area contributed by atoms with Crippen molar-refractivity contribution in [2.24, 2.45) is 17.6 Å². The van der Waals surface area contributed by atoms with E-state index in [-0.39, 0.29) is 0 Å². The highest BCUT2D eigenvalue weighted by Crippen LogP contribution is 2.41. The van der Waals surface area contributed by atoms with E-state index in [1.165, 1.54) is 38.5 Å². The summed E-state index contributed by atoms with van der Waals surface area (Å²) >= 11 is 0. The third kappa shape index (κ3) is 0.968. The predicted molar refractivity (Wildman–Crippen MR) is 42.7 cm³/mol. The second kappa shape index (κ2) is 2.54. The first-order valence-electron chi connectivity index (χ1n) is 4.63. The van der Waals surface area contributed by atoms with Gasteiger partial charge in [-0.05, 0) is 31.1 Å². The van der Waals surface area contributed by atoms with Crippen molar-refractivity contribution in [1.82, 2.24) is 0 Å². The van der Waals surface area contributed by atoms with Gasteiger partial charge in [-0.25, -0.2) is 0 Å². The monoisotopic (exact) mass is 139 g/mol. The van der Waals surface area contributed by atoms with Crippen LogP contribution in [0.4, 0.5) is 0 Å². The summed E-state index contributed by atoms with van der Waals surface area (Å²) in [5.74, 6) is 1.93. The third-order valence-corrected chi connectivity index (χ3v) is 3.39. The Morgan fingerprint density at radius 3 is 2.50 bits per heavy atom. The minimum Gasteiger partial charge on any atom is -0.327 e. The first kappa shape index (κ1) is 6.66. The molecule has 2 fully saturated rings. The standard InChI is InChI=1S/C9H17N/c10-9-6-5-7-3-1-2-4-8(7)9/h7-9H,1-6,10H2/t7?,8?,9-/m1/s1. The molecule has 10 heavy (non-hydrogen) atoms. The fraction of sp³-hybridized carbons (Fsp3) is 1.00. The third-order valence-electron chi connectivity index (χ3n) is 3.39. The van der Waals surface area contributed by atoms with Gasteiger partial charge in [0.2, 0.25) is 0 Å². The summed E-state index contributed by atoms with van der Waals surface area (Å²) in [6, 6.07) is 0.560. The maximum atomic E-state index is 5.99. The molecule has 2 unspecified atom stereocenters. The number of nitrogens with two attached hydrogens (primary N) is 1. The van der Waals surface area contributed by atoms with Gasteiger partial charge in [-0.1, -0.05) is 19.3 Å². The van der Waals surface area contributed by atoms with Crippen molar-refractivity contribution in [3.05, 3.63) is 0 Å². The molecule has 1 nitrogen and oxygen atoms in total. The molecular weight excluding hydrogens is 122 g/mol. The molecule has 0 amide bonds. The molecule has 3 atom stereocenters. The van der Waals surface area contributed by atoms with Gasteiger partial charge in [-0.3, -0.25) is 0 Å². The molecule has 0 aromatic carbocycles. The van der Waals surface area contributed by atoms with Crippen LogP contribution in [0.3, 0.4) is 0 Å². The van der Waals surface area contributed by atoms with Crippen LogP contribution in [0, 0.1) is 11.8 Å². The molecule has 2 aliphatic carbocycles. The van der Waals surface area contributed by atoms with Crippen molar-refractivity contribution in [1.29, 1.82) is 0 Å². The number of rotatable bonds is 0. The average Bonchev–Trinajstić information content (AvgIpc) is 2.34. The molecule has 0 heterocycles. The highest BCUT2D eigenvalue weighted by Gasteiger charge is 2.34.